The van der Waals surface area contributed by atoms with Crippen molar-refractivity contribution in [2.24, 2.45) is 0 Å². The van der Waals surface area contributed by atoms with Crippen molar-refractivity contribution in [3.63, 3.8) is 0 Å². The third kappa shape index (κ3) is 1.97. The summed E-state index contributed by atoms with van der Waals surface area (Å²) in [6, 6.07) is 8.85. The minimum atomic E-state index is -0.476. The first-order valence-electron chi connectivity index (χ1n) is 7.60. The van der Waals surface area contributed by atoms with Crippen molar-refractivity contribution < 1.29 is 19.0 Å². The van der Waals surface area contributed by atoms with Gasteiger partial charge >= 0.3 is 0 Å². The van der Waals surface area contributed by atoms with Crippen LogP contribution in [0.25, 0.3) is 0 Å². The lowest BCUT2D eigenvalue weighted by Gasteiger charge is -2.37. The zero-order valence-electron chi connectivity index (χ0n) is 13.5. The standard InChI is InChI=1S/C18H16ClNO4/c1-9-11-6-10(19)4-5-14(11)24-18-13-8-16(23-3)15(22-2)7-12(13)17(21)20(9)18/h4-9,18H,1-3H3/t9-,18-/m1/s1. The predicted molar refractivity (Wildman–Crippen MR) is 89.0 cm³/mol. The van der Waals surface area contributed by atoms with Gasteiger partial charge in [-0.25, -0.2) is 0 Å². The molecular weight excluding hydrogens is 330 g/mol. The second-order valence-electron chi connectivity index (χ2n) is 5.84. The second-order valence-corrected chi connectivity index (χ2v) is 6.27. The van der Waals surface area contributed by atoms with Gasteiger partial charge in [-0.15, -0.1) is 0 Å². The first kappa shape index (κ1) is 15.1. The fourth-order valence-corrected chi connectivity index (χ4v) is 3.58. The van der Waals surface area contributed by atoms with Gasteiger partial charge in [0, 0.05) is 16.1 Å². The predicted octanol–water partition coefficient (Wildman–Crippen LogP) is 3.97. The maximum Gasteiger partial charge on any atom is 0.258 e. The summed E-state index contributed by atoms with van der Waals surface area (Å²) in [6.45, 7) is 1.98. The molecule has 2 aliphatic rings. The van der Waals surface area contributed by atoms with Gasteiger partial charge in [0.2, 0.25) is 6.23 Å². The van der Waals surface area contributed by atoms with Gasteiger partial charge in [0.05, 0.1) is 25.8 Å². The molecule has 2 aromatic rings. The van der Waals surface area contributed by atoms with E-state index in [9.17, 15) is 4.79 Å². The molecule has 2 atom stereocenters. The summed E-state index contributed by atoms with van der Waals surface area (Å²) in [5.74, 6) is 1.75. The Labute approximate surface area is 144 Å². The average Bonchev–Trinajstić information content (AvgIpc) is 2.86. The van der Waals surface area contributed by atoms with E-state index in [0.29, 0.717) is 22.1 Å². The molecule has 4 rings (SSSR count). The van der Waals surface area contributed by atoms with Crippen LogP contribution in [0, 0.1) is 0 Å². The van der Waals surface area contributed by atoms with Crippen LogP contribution >= 0.6 is 11.6 Å². The first-order chi connectivity index (χ1) is 11.5. The molecule has 1 amide bonds. The average molecular weight is 346 g/mol. The number of carbonyl (C=O) groups excluding carboxylic acids is 1. The van der Waals surface area contributed by atoms with Crippen LogP contribution in [0.5, 0.6) is 17.2 Å². The maximum absolute atomic E-state index is 12.9. The van der Waals surface area contributed by atoms with Crippen molar-refractivity contribution in [3.05, 3.63) is 52.0 Å². The fraction of sp³-hybridized carbons (Fsp3) is 0.278. The fourth-order valence-electron chi connectivity index (χ4n) is 3.40. The van der Waals surface area contributed by atoms with Crippen LogP contribution < -0.4 is 14.2 Å². The molecule has 24 heavy (non-hydrogen) atoms. The Balaban J connectivity index is 1.86. The second kappa shape index (κ2) is 5.31. The lowest BCUT2D eigenvalue weighted by molar-refractivity contribution is -0.00186. The van der Waals surface area contributed by atoms with E-state index in [-0.39, 0.29) is 11.9 Å². The molecule has 0 aromatic heterocycles. The molecule has 2 aliphatic heterocycles. The third-order valence-corrected chi connectivity index (χ3v) is 4.85. The summed E-state index contributed by atoms with van der Waals surface area (Å²) in [5, 5.41) is 0.621. The molecule has 0 spiro atoms. The molecule has 0 bridgehead atoms. The van der Waals surface area contributed by atoms with Crippen molar-refractivity contribution in [2.45, 2.75) is 19.2 Å². The Bertz CT molecular complexity index is 851. The monoisotopic (exact) mass is 345 g/mol. The molecular formula is C18H16ClNO4. The van der Waals surface area contributed by atoms with Crippen molar-refractivity contribution in [1.29, 1.82) is 0 Å². The number of hydrogen-bond acceptors (Lipinski definition) is 4. The zero-order valence-corrected chi connectivity index (χ0v) is 14.3. The van der Waals surface area contributed by atoms with Crippen molar-refractivity contribution in [2.75, 3.05) is 14.2 Å². The van der Waals surface area contributed by atoms with E-state index in [2.05, 4.69) is 0 Å². The van der Waals surface area contributed by atoms with Crippen LogP contribution in [0.4, 0.5) is 0 Å². The number of nitrogens with zero attached hydrogens (tertiary/aromatic N) is 1. The topological polar surface area (TPSA) is 48.0 Å². The number of halogens is 1. The molecule has 0 radical (unpaired) electrons. The molecule has 0 saturated carbocycles. The summed E-state index contributed by atoms with van der Waals surface area (Å²) in [4.78, 5) is 14.6. The molecule has 0 saturated heterocycles. The highest BCUT2D eigenvalue weighted by atomic mass is 35.5. The van der Waals surface area contributed by atoms with E-state index in [0.717, 1.165) is 16.9 Å². The zero-order chi connectivity index (χ0) is 17.0. The molecule has 0 N–H and O–H groups in total. The van der Waals surface area contributed by atoms with Crippen molar-refractivity contribution in [3.8, 4) is 17.2 Å². The number of benzene rings is 2. The van der Waals surface area contributed by atoms with Gasteiger partial charge in [0.1, 0.15) is 5.75 Å². The van der Waals surface area contributed by atoms with Crippen LogP contribution in [-0.2, 0) is 0 Å². The minimum Gasteiger partial charge on any atom is -0.493 e. The van der Waals surface area contributed by atoms with E-state index in [1.54, 1.807) is 31.3 Å². The molecule has 124 valence electrons. The Kier molecular flexibility index (Phi) is 3.35. The van der Waals surface area contributed by atoms with E-state index in [1.165, 1.54) is 0 Å². The normalized spacial score (nSPS) is 20.8. The van der Waals surface area contributed by atoms with E-state index < -0.39 is 6.23 Å². The smallest absolute Gasteiger partial charge is 0.258 e. The quantitative estimate of drug-likeness (QED) is 0.826. The van der Waals surface area contributed by atoms with E-state index >= 15 is 0 Å². The largest absolute Gasteiger partial charge is 0.493 e. The number of amides is 1. The van der Waals surface area contributed by atoms with Gasteiger partial charge in [-0.3, -0.25) is 9.69 Å². The van der Waals surface area contributed by atoms with Crippen molar-refractivity contribution >= 4 is 17.5 Å². The third-order valence-electron chi connectivity index (χ3n) is 4.62. The molecule has 0 unspecified atom stereocenters. The van der Waals surface area contributed by atoms with Crippen LogP contribution in [0.3, 0.4) is 0 Å². The molecule has 2 aromatic carbocycles. The van der Waals surface area contributed by atoms with Crippen LogP contribution in [0.1, 0.15) is 40.7 Å². The van der Waals surface area contributed by atoms with Crippen LogP contribution in [-0.4, -0.2) is 25.0 Å². The number of fused-ring (bicyclic) bond motifs is 4. The molecule has 6 heteroatoms. The maximum atomic E-state index is 12.9. The van der Waals surface area contributed by atoms with E-state index in [4.69, 9.17) is 25.8 Å². The number of ether oxygens (including phenoxy) is 3. The Morgan fingerprint density at radius 1 is 1.08 bits per heavy atom. The summed E-state index contributed by atoms with van der Waals surface area (Å²) < 4.78 is 16.8. The highest BCUT2D eigenvalue weighted by molar-refractivity contribution is 6.30. The Morgan fingerprint density at radius 2 is 1.79 bits per heavy atom. The lowest BCUT2D eigenvalue weighted by Crippen LogP contribution is -2.37. The Morgan fingerprint density at radius 3 is 2.50 bits per heavy atom. The van der Waals surface area contributed by atoms with Gasteiger partial charge in [-0.05, 0) is 37.3 Å². The minimum absolute atomic E-state index is 0.0888. The molecule has 0 fully saturated rings. The van der Waals surface area contributed by atoms with Gasteiger partial charge in [-0.2, -0.15) is 0 Å². The van der Waals surface area contributed by atoms with Gasteiger partial charge in [0.25, 0.3) is 5.91 Å². The van der Waals surface area contributed by atoms with Crippen LogP contribution in [0.2, 0.25) is 5.02 Å². The SMILES string of the molecule is COc1cc2c(cc1OC)[C@H]1Oc3ccc(Cl)cc3[C@@H](C)N1C2=O. The lowest BCUT2D eigenvalue weighted by atomic mass is 10.0. The van der Waals surface area contributed by atoms with Gasteiger partial charge < -0.3 is 14.2 Å². The summed E-state index contributed by atoms with van der Waals surface area (Å²) in [5.41, 5.74) is 2.26. The Hall–Kier alpha value is -2.40. The van der Waals surface area contributed by atoms with E-state index in [1.807, 2.05) is 25.1 Å². The molecule has 0 aliphatic carbocycles. The van der Waals surface area contributed by atoms with Crippen LogP contribution in [0.15, 0.2) is 30.3 Å². The molecule has 2 heterocycles. The summed E-state index contributed by atoms with van der Waals surface area (Å²) in [6.07, 6.45) is -0.476. The number of carbonyl (C=O) groups is 1. The number of rotatable bonds is 2. The van der Waals surface area contributed by atoms with Gasteiger partial charge in [0.15, 0.2) is 11.5 Å². The summed E-state index contributed by atoms with van der Waals surface area (Å²) in [7, 11) is 3.12. The first-order valence-corrected chi connectivity index (χ1v) is 7.97. The molecule has 5 nitrogen and oxygen atoms in total. The highest BCUT2D eigenvalue weighted by Gasteiger charge is 2.45. The number of methoxy groups -OCH3 is 2. The van der Waals surface area contributed by atoms with Gasteiger partial charge in [-0.1, -0.05) is 11.6 Å². The highest BCUT2D eigenvalue weighted by Crippen LogP contribution is 2.49. The summed E-state index contributed by atoms with van der Waals surface area (Å²) >= 11 is 6.10. The van der Waals surface area contributed by atoms with Crippen molar-refractivity contribution in [1.82, 2.24) is 4.90 Å². The number of hydrogen-bond donors (Lipinski definition) is 0.